The molecule has 0 unspecified atom stereocenters. The average molecular weight is 164 g/mol. The lowest BCUT2D eigenvalue weighted by molar-refractivity contribution is -0.0473. The number of nitriles is 1. The maximum Gasteiger partial charge on any atom is 0.282 e. The summed E-state index contributed by atoms with van der Waals surface area (Å²) in [6, 6.07) is 1.80. The highest BCUT2D eigenvalue weighted by Gasteiger charge is 2.26. The van der Waals surface area contributed by atoms with Gasteiger partial charge >= 0.3 is 0 Å². The zero-order valence-electron chi connectivity index (χ0n) is 5.98. The van der Waals surface area contributed by atoms with Gasteiger partial charge in [0.2, 0.25) is 0 Å². The fraction of sp³-hybridized carbons (Fsp3) is 0.833. The SMILES string of the molecule is N#CCCNCC(F)(F)CO. The fourth-order valence-corrected chi connectivity index (χ4v) is 0.471. The van der Waals surface area contributed by atoms with Gasteiger partial charge in [0.25, 0.3) is 5.92 Å². The summed E-state index contributed by atoms with van der Waals surface area (Å²) in [5.41, 5.74) is 0. The van der Waals surface area contributed by atoms with Crippen LogP contribution in [-0.4, -0.2) is 30.7 Å². The van der Waals surface area contributed by atoms with E-state index < -0.39 is 19.1 Å². The van der Waals surface area contributed by atoms with Crippen LogP contribution >= 0.6 is 0 Å². The molecule has 0 aromatic carbocycles. The Bertz CT molecular complexity index is 144. The second-order valence-electron chi connectivity index (χ2n) is 2.10. The summed E-state index contributed by atoms with van der Waals surface area (Å²) in [4.78, 5) is 0. The summed E-state index contributed by atoms with van der Waals surface area (Å²) in [6.07, 6.45) is 0.196. The predicted molar refractivity (Wildman–Crippen MR) is 35.1 cm³/mol. The van der Waals surface area contributed by atoms with Crippen LogP contribution in [0.3, 0.4) is 0 Å². The standard InChI is InChI=1S/C6H10F2N2O/c7-6(8,5-11)4-10-3-1-2-9/h10-11H,1,3-5H2. The highest BCUT2D eigenvalue weighted by atomic mass is 19.3. The van der Waals surface area contributed by atoms with Crippen LogP contribution in [0.15, 0.2) is 0 Å². The van der Waals surface area contributed by atoms with Crippen LogP contribution in [0.1, 0.15) is 6.42 Å². The van der Waals surface area contributed by atoms with Gasteiger partial charge in [0.15, 0.2) is 0 Å². The number of nitrogens with one attached hydrogen (secondary N) is 1. The van der Waals surface area contributed by atoms with Crippen molar-refractivity contribution in [2.75, 3.05) is 19.7 Å². The van der Waals surface area contributed by atoms with Crippen LogP contribution in [0, 0.1) is 11.3 Å². The number of alkyl halides is 2. The number of halogens is 2. The largest absolute Gasteiger partial charge is 0.390 e. The van der Waals surface area contributed by atoms with Crippen molar-refractivity contribution in [1.82, 2.24) is 5.32 Å². The number of nitrogens with zero attached hydrogens (tertiary/aromatic N) is 1. The normalized spacial score (nSPS) is 11.1. The topological polar surface area (TPSA) is 56.0 Å². The van der Waals surface area contributed by atoms with E-state index in [9.17, 15) is 8.78 Å². The van der Waals surface area contributed by atoms with E-state index in [1.54, 1.807) is 6.07 Å². The molecule has 0 rings (SSSR count). The maximum atomic E-state index is 12.2. The molecule has 0 radical (unpaired) electrons. The first kappa shape index (κ1) is 10.3. The van der Waals surface area contributed by atoms with Gasteiger partial charge in [0.05, 0.1) is 12.6 Å². The van der Waals surface area contributed by atoms with Crippen molar-refractivity contribution >= 4 is 0 Å². The Hall–Kier alpha value is -0.730. The first-order valence-corrected chi connectivity index (χ1v) is 3.19. The Morgan fingerprint density at radius 1 is 1.55 bits per heavy atom. The van der Waals surface area contributed by atoms with Crippen molar-refractivity contribution in [2.24, 2.45) is 0 Å². The maximum absolute atomic E-state index is 12.2. The van der Waals surface area contributed by atoms with Gasteiger partial charge in [0, 0.05) is 13.0 Å². The second kappa shape index (κ2) is 4.99. The van der Waals surface area contributed by atoms with Gasteiger partial charge in [-0.1, -0.05) is 0 Å². The Labute approximate surface area is 63.6 Å². The molecule has 0 aliphatic carbocycles. The fourth-order valence-electron chi connectivity index (χ4n) is 0.471. The number of rotatable bonds is 5. The predicted octanol–water partition coefficient (Wildman–Crippen LogP) is 0.117. The highest BCUT2D eigenvalue weighted by Crippen LogP contribution is 2.09. The Morgan fingerprint density at radius 2 is 2.18 bits per heavy atom. The van der Waals surface area contributed by atoms with Crippen molar-refractivity contribution in [3.05, 3.63) is 0 Å². The summed E-state index contributed by atoms with van der Waals surface area (Å²) in [6.45, 7) is -1.51. The third kappa shape index (κ3) is 5.70. The van der Waals surface area contributed by atoms with Gasteiger partial charge in [-0.3, -0.25) is 0 Å². The van der Waals surface area contributed by atoms with E-state index in [1.807, 2.05) is 0 Å². The minimum Gasteiger partial charge on any atom is -0.390 e. The van der Waals surface area contributed by atoms with E-state index in [2.05, 4.69) is 5.32 Å². The molecule has 0 atom stereocenters. The highest BCUT2D eigenvalue weighted by molar-refractivity contribution is 4.73. The molecule has 64 valence electrons. The van der Waals surface area contributed by atoms with Crippen molar-refractivity contribution in [1.29, 1.82) is 5.26 Å². The van der Waals surface area contributed by atoms with Gasteiger partial charge in [-0.2, -0.15) is 5.26 Å². The number of hydrogen-bond donors (Lipinski definition) is 2. The van der Waals surface area contributed by atoms with Crippen molar-refractivity contribution in [3.8, 4) is 6.07 Å². The van der Waals surface area contributed by atoms with Crippen LogP contribution < -0.4 is 5.32 Å². The third-order valence-corrected chi connectivity index (χ3v) is 1.03. The number of aliphatic hydroxyl groups is 1. The quantitative estimate of drug-likeness (QED) is 0.567. The van der Waals surface area contributed by atoms with Gasteiger partial charge in [-0.05, 0) is 0 Å². The molecular formula is C6H10F2N2O. The summed E-state index contributed by atoms with van der Waals surface area (Å²) in [5.74, 6) is -3.07. The smallest absolute Gasteiger partial charge is 0.282 e. The molecule has 0 aromatic rings. The summed E-state index contributed by atoms with van der Waals surface area (Å²) in [5, 5.41) is 18.5. The van der Waals surface area contributed by atoms with Gasteiger partial charge in [-0.15, -0.1) is 0 Å². The Kier molecular flexibility index (Phi) is 4.66. The van der Waals surface area contributed by atoms with Gasteiger partial charge in [-0.25, -0.2) is 8.78 Å². The zero-order chi connectivity index (χ0) is 8.74. The number of hydrogen-bond acceptors (Lipinski definition) is 3. The van der Waals surface area contributed by atoms with Gasteiger partial charge < -0.3 is 10.4 Å². The first-order chi connectivity index (χ1) is 5.12. The lowest BCUT2D eigenvalue weighted by Crippen LogP contribution is -2.36. The monoisotopic (exact) mass is 164 g/mol. The van der Waals surface area contributed by atoms with E-state index in [0.29, 0.717) is 0 Å². The van der Waals surface area contributed by atoms with Gasteiger partial charge in [0.1, 0.15) is 6.61 Å². The van der Waals surface area contributed by atoms with E-state index in [0.717, 1.165) is 0 Å². The molecule has 0 spiro atoms. The second-order valence-corrected chi connectivity index (χ2v) is 2.10. The van der Waals surface area contributed by atoms with Crippen LogP contribution in [0.2, 0.25) is 0 Å². The Balaban J connectivity index is 3.32. The van der Waals surface area contributed by atoms with Crippen molar-refractivity contribution < 1.29 is 13.9 Å². The molecule has 0 saturated heterocycles. The molecule has 0 fully saturated rings. The zero-order valence-corrected chi connectivity index (χ0v) is 5.98. The molecule has 2 N–H and O–H groups in total. The molecule has 3 nitrogen and oxygen atoms in total. The van der Waals surface area contributed by atoms with E-state index in [1.165, 1.54) is 0 Å². The summed E-state index contributed by atoms with van der Waals surface area (Å²) < 4.78 is 24.4. The minimum absolute atomic E-state index is 0.196. The molecule has 0 amide bonds. The third-order valence-electron chi connectivity index (χ3n) is 1.03. The van der Waals surface area contributed by atoms with E-state index >= 15 is 0 Å². The Morgan fingerprint density at radius 3 is 2.64 bits per heavy atom. The van der Waals surface area contributed by atoms with Crippen LogP contribution in [0.4, 0.5) is 8.78 Å². The van der Waals surface area contributed by atoms with E-state index in [4.69, 9.17) is 10.4 Å². The van der Waals surface area contributed by atoms with Crippen LogP contribution in [0.5, 0.6) is 0 Å². The lowest BCUT2D eigenvalue weighted by atomic mass is 10.3. The molecule has 0 aromatic heterocycles. The van der Waals surface area contributed by atoms with Crippen LogP contribution in [-0.2, 0) is 0 Å². The van der Waals surface area contributed by atoms with Crippen molar-refractivity contribution in [2.45, 2.75) is 12.3 Å². The summed E-state index contributed by atoms with van der Waals surface area (Å²) >= 11 is 0. The molecule has 0 aliphatic heterocycles. The molecule has 0 aliphatic rings. The lowest BCUT2D eigenvalue weighted by Gasteiger charge is -2.12. The molecule has 11 heavy (non-hydrogen) atoms. The molecule has 0 heterocycles. The average Bonchev–Trinajstić information content (AvgIpc) is 1.99. The summed E-state index contributed by atoms with van der Waals surface area (Å²) in [7, 11) is 0. The van der Waals surface area contributed by atoms with Crippen molar-refractivity contribution in [3.63, 3.8) is 0 Å². The first-order valence-electron chi connectivity index (χ1n) is 3.19. The molecule has 0 saturated carbocycles. The molecule has 0 bridgehead atoms. The van der Waals surface area contributed by atoms with Crippen LogP contribution in [0.25, 0.3) is 0 Å². The molecular weight excluding hydrogens is 154 g/mol. The molecule has 5 heteroatoms. The van der Waals surface area contributed by atoms with E-state index in [-0.39, 0.29) is 13.0 Å². The minimum atomic E-state index is -3.07. The number of aliphatic hydroxyl groups excluding tert-OH is 1.